The van der Waals surface area contributed by atoms with Gasteiger partial charge in [0.1, 0.15) is 11.5 Å². The summed E-state index contributed by atoms with van der Waals surface area (Å²) < 4.78 is 5.04. The average molecular weight is 228 g/mol. The summed E-state index contributed by atoms with van der Waals surface area (Å²) in [6, 6.07) is 3.38. The van der Waals surface area contributed by atoms with Crippen LogP contribution in [0.25, 0.3) is 0 Å². The summed E-state index contributed by atoms with van der Waals surface area (Å²) in [6.45, 7) is 1.89. The molecule has 1 saturated heterocycles. The van der Waals surface area contributed by atoms with Crippen LogP contribution in [0.5, 0.6) is 11.5 Å². The van der Waals surface area contributed by atoms with Crippen LogP contribution >= 0.6 is 11.6 Å². The summed E-state index contributed by atoms with van der Waals surface area (Å²) in [5.74, 6) is 1.14. The highest BCUT2D eigenvalue weighted by Crippen LogP contribution is 2.37. The van der Waals surface area contributed by atoms with Crippen molar-refractivity contribution in [3.05, 3.63) is 22.7 Å². The van der Waals surface area contributed by atoms with Crippen LogP contribution in [0.4, 0.5) is 0 Å². The SMILES string of the molecule is COc1cc(O)c(C2CCNC2)cc1Cl. The molecule has 1 atom stereocenters. The van der Waals surface area contributed by atoms with Crippen molar-refractivity contribution < 1.29 is 9.84 Å². The molecule has 15 heavy (non-hydrogen) atoms. The first-order chi connectivity index (χ1) is 7.22. The lowest BCUT2D eigenvalue weighted by Gasteiger charge is -2.13. The van der Waals surface area contributed by atoms with Crippen molar-refractivity contribution >= 4 is 11.6 Å². The minimum atomic E-state index is 0.268. The highest BCUT2D eigenvalue weighted by molar-refractivity contribution is 6.32. The molecule has 0 saturated carbocycles. The fourth-order valence-corrected chi connectivity index (χ4v) is 2.21. The van der Waals surface area contributed by atoms with E-state index in [-0.39, 0.29) is 5.75 Å². The minimum absolute atomic E-state index is 0.268. The van der Waals surface area contributed by atoms with E-state index in [1.807, 2.05) is 0 Å². The maximum absolute atomic E-state index is 9.84. The van der Waals surface area contributed by atoms with Crippen molar-refractivity contribution in [1.29, 1.82) is 0 Å². The van der Waals surface area contributed by atoms with Crippen molar-refractivity contribution in [1.82, 2.24) is 5.32 Å². The van der Waals surface area contributed by atoms with E-state index >= 15 is 0 Å². The first kappa shape index (κ1) is 10.6. The number of nitrogens with one attached hydrogen (secondary N) is 1. The normalized spacial score (nSPS) is 20.5. The summed E-state index contributed by atoms with van der Waals surface area (Å²) in [5.41, 5.74) is 0.908. The number of phenolic OH excluding ortho intramolecular Hbond substituents is 1. The van der Waals surface area contributed by atoms with E-state index in [1.165, 1.54) is 7.11 Å². The number of benzene rings is 1. The van der Waals surface area contributed by atoms with Crippen LogP contribution in [0.15, 0.2) is 12.1 Å². The van der Waals surface area contributed by atoms with E-state index < -0.39 is 0 Å². The largest absolute Gasteiger partial charge is 0.508 e. The zero-order chi connectivity index (χ0) is 10.8. The van der Waals surface area contributed by atoms with Gasteiger partial charge in [-0.15, -0.1) is 0 Å². The molecule has 0 amide bonds. The topological polar surface area (TPSA) is 41.5 Å². The van der Waals surface area contributed by atoms with Gasteiger partial charge in [-0.05, 0) is 19.0 Å². The Bertz CT molecular complexity index is 362. The van der Waals surface area contributed by atoms with Crippen LogP contribution in [-0.2, 0) is 0 Å². The third-order valence-electron chi connectivity index (χ3n) is 2.80. The quantitative estimate of drug-likeness (QED) is 0.814. The Morgan fingerprint density at radius 3 is 2.93 bits per heavy atom. The second kappa shape index (κ2) is 4.29. The molecule has 0 aromatic heterocycles. The van der Waals surface area contributed by atoms with Crippen LogP contribution in [0.3, 0.4) is 0 Å². The van der Waals surface area contributed by atoms with Gasteiger partial charge in [0.05, 0.1) is 12.1 Å². The third kappa shape index (κ3) is 2.03. The van der Waals surface area contributed by atoms with Crippen LogP contribution in [-0.4, -0.2) is 25.3 Å². The van der Waals surface area contributed by atoms with Gasteiger partial charge in [-0.25, -0.2) is 0 Å². The molecule has 0 aliphatic carbocycles. The molecule has 1 heterocycles. The third-order valence-corrected chi connectivity index (χ3v) is 3.10. The van der Waals surface area contributed by atoms with Crippen LogP contribution in [0.1, 0.15) is 17.9 Å². The maximum atomic E-state index is 9.84. The van der Waals surface area contributed by atoms with Crippen molar-refractivity contribution in [3.63, 3.8) is 0 Å². The van der Waals surface area contributed by atoms with E-state index in [1.54, 1.807) is 12.1 Å². The Labute approximate surface area is 94.0 Å². The van der Waals surface area contributed by atoms with Gasteiger partial charge in [0.15, 0.2) is 0 Å². The van der Waals surface area contributed by atoms with Crippen molar-refractivity contribution in [2.24, 2.45) is 0 Å². The lowest BCUT2D eigenvalue weighted by Crippen LogP contribution is -2.08. The van der Waals surface area contributed by atoms with Gasteiger partial charge in [0, 0.05) is 24.1 Å². The first-order valence-corrected chi connectivity index (χ1v) is 5.37. The molecular formula is C11H14ClNO2. The van der Waals surface area contributed by atoms with Crippen LogP contribution in [0.2, 0.25) is 5.02 Å². The molecule has 2 rings (SSSR count). The van der Waals surface area contributed by atoms with Crippen LogP contribution < -0.4 is 10.1 Å². The van der Waals surface area contributed by atoms with Gasteiger partial charge >= 0.3 is 0 Å². The van der Waals surface area contributed by atoms with E-state index in [0.29, 0.717) is 16.7 Å². The van der Waals surface area contributed by atoms with Gasteiger partial charge < -0.3 is 15.2 Å². The Morgan fingerprint density at radius 2 is 2.33 bits per heavy atom. The monoisotopic (exact) mass is 227 g/mol. The second-order valence-electron chi connectivity index (χ2n) is 3.74. The van der Waals surface area contributed by atoms with E-state index in [4.69, 9.17) is 16.3 Å². The Morgan fingerprint density at radius 1 is 1.53 bits per heavy atom. The molecule has 1 aromatic rings. The average Bonchev–Trinajstić information content (AvgIpc) is 2.74. The fraction of sp³-hybridized carbons (Fsp3) is 0.455. The summed E-state index contributed by atoms with van der Waals surface area (Å²) in [5, 5.41) is 13.7. The number of hydrogen-bond acceptors (Lipinski definition) is 3. The van der Waals surface area contributed by atoms with Gasteiger partial charge in [-0.1, -0.05) is 11.6 Å². The summed E-state index contributed by atoms with van der Waals surface area (Å²) in [4.78, 5) is 0. The predicted octanol–water partition coefficient (Wildman–Crippen LogP) is 2.13. The van der Waals surface area contributed by atoms with E-state index in [9.17, 15) is 5.11 Å². The number of ether oxygens (including phenoxy) is 1. The molecule has 3 nitrogen and oxygen atoms in total. The van der Waals surface area contributed by atoms with E-state index in [0.717, 1.165) is 25.1 Å². The molecule has 0 bridgehead atoms. The standard InChI is InChI=1S/C11H14ClNO2/c1-15-11-5-10(14)8(4-9(11)12)7-2-3-13-6-7/h4-5,7,13-14H,2-3,6H2,1H3. The molecule has 0 radical (unpaired) electrons. The van der Waals surface area contributed by atoms with Gasteiger partial charge in [-0.3, -0.25) is 0 Å². The Kier molecular flexibility index (Phi) is 3.03. The molecule has 4 heteroatoms. The number of rotatable bonds is 2. The lowest BCUT2D eigenvalue weighted by molar-refractivity contribution is 0.405. The fourth-order valence-electron chi connectivity index (χ4n) is 1.96. The molecule has 1 fully saturated rings. The first-order valence-electron chi connectivity index (χ1n) is 4.99. The molecule has 1 aliphatic heterocycles. The molecule has 1 unspecified atom stereocenters. The number of phenols is 1. The number of methoxy groups -OCH3 is 1. The van der Waals surface area contributed by atoms with Gasteiger partial charge in [0.2, 0.25) is 0 Å². The molecule has 2 N–H and O–H groups in total. The van der Waals surface area contributed by atoms with Crippen LogP contribution in [0, 0.1) is 0 Å². The van der Waals surface area contributed by atoms with Crippen molar-refractivity contribution in [3.8, 4) is 11.5 Å². The minimum Gasteiger partial charge on any atom is -0.508 e. The second-order valence-corrected chi connectivity index (χ2v) is 4.14. The maximum Gasteiger partial charge on any atom is 0.141 e. The molecule has 1 aliphatic rings. The summed E-state index contributed by atoms with van der Waals surface area (Å²) in [6.07, 6.45) is 1.04. The van der Waals surface area contributed by atoms with Crippen molar-refractivity contribution in [2.75, 3.05) is 20.2 Å². The highest BCUT2D eigenvalue weighted by atomic mass is 35.5. The summed E-state index contributed by atoms with van der Waals surface area (Å²) >= 11 is 6.02. The molecule has 1 aromatic carbocycles. The summed E-state index contributed by atoms with van der Waals surface area (Å²) in [7, 11) is 1.54. The molecular weight excluding hydrogens is 214 g/mol. The molecule has 82 valence electrons. The predicted molar refractivity (Wildman–Crippen MR) is 59.9 cm³/mol. The molecule has 0 spiro atoms. The van der Waals surface area contributed by atoms with E-state index in [2.05, 4.69) is 5.32 Å². The highest BCUT2D eigenvalue weighted by Gasteiger charge is 2.21. The zero-order valence-corrected chi connectivity index (χ0v) is 9.34. The van der Waals surface area contributed by atoms with Gasteiger partial charge in [-0.2, -0.15) is 0 Å². The Balaban J connectivity index is 2.35. The number of aromatic hydroxyl groups is 1. The zero-order valence-electron chi connectivity index (χ0n) is 8.59. The number of halogens is 1. The smallest absolute Gasteiger partial charge is 0.141 e. The Hall–Kier alpha value is -0.930. The lowest BCUT2D eigenvalue weighted by atomic mass is 9.97. The van der Waals surface area contributed by atoms with Crippen molar-refractivity contribution in [2.45, 2.75) is 12.3 Å². The number of hydrogen-bond donors (Lipinski definition) is 2. The van der Waals surface area contributed by atoms with Gasteiger partial charge in [0.25, 0.3) is 0 Å².